The number of hydrogen-bond donors (Lipinski definition) is 2. The maximum Gasteiger partial charge on any atom is 0.257 e. The zero-order chi connectivity index (χ0) is 22.8. The van der Waals surface area contributed by atoms with Crippen LogP contribution in [0.2, 0.25) is 0 Å². The summed E-state index contributed by atoms with van der Waals surface area (Å²) in [7, 11) is 0. The molecule has 32 heavy (non-hydrogen) atoms. The average molecular weight is 440 g/mol. The van der Waals surface area contributed by atoms with Crippen LogP contribution in [0.15, 0.2) is 47.6 Å². The molecule has 0 radical (unpaired) electrons. The number of Topliss-reactive ketones (excluding diaryl/α,β-unsaturated/α-hetero) is 1. The highest BCUT2D eigenvalue weighted by molar-refractivity contribution is 6.00. The molecule has 0 spiro atoms. The molecule has 1 amide bonds. The Morgan fingerprint density at radius 2 is 1.78 bits per heavy atom. The van der Waals surface area contributed by atoms with Crippen LogP contribution in [0.3, 0.4) is 0 Å². The summed E-state index contributed by atoms with van der Waals surface area (Å²) in [6, 6.07) is 12.2. The molecule has 8 heteroatoms. The number of ketones is 1. The van der Waals surface area contributed by atoms with Gasteiger partial charge in [0.05, 0.1) is 18.9 Å². The van der Waals surface area contributed by atoms with Gasteiger partial charge in [0.2, 0.25) is 0 Å². The number of rotatable bonds is 10. The van der Waals surface area contributed by atoms with Gasteiger partial charge in [-0.15, -0.1) is 0 Å². The van der Waals surface area contributed by atoms with Gasteiger partial charge in [-0.1, -0.05) is 12.1 Å². The van der Waals surface area contributed by atoms with Crippen molar-refractivity contribution in [1.82, 2.24) is 5.32 Å². The molecule has 0 saturated carbocycles. The number of carbonyl (C=O) groups is 2. The Bertz CT molecular complexity index is 955. The minimum absolute atomic E-state index is 0.0619. The number of nitrogens with zero attached hydrogens (tertiary/aromatic N) is 1. The highest BCUT2D eigenvalue weighted by atomic mass is 16.5. The Labute approximate surface area is 187 Å². The Hall–Kier alpha value is -3.55. The summed E-state index contributed by atoms with van der Waals surface area (Å²) in [5, 5.41) is 15.6. The van der Waals surface area contributed by atoms with Gasteiger partial charge in [-0.25, -0.2) is 0 Å². The molecule has 0 bridgehead atoms. The van der Waals surface area contributed by atoms with Crippen molar-refractivity contribution in [3.63, 3.8) is 0 Å². The lowest BCUT2D eigenvalue weighted by atomic mass is 10.0. The van der Waals surface area contributed by atoms with E-state index in [-0.39, 0.29) is 18.3 Å². The third-order valence-corrected chi connectivity index (χ3v) is 4.98. The van der Waals surface area contributed by atoms with Crippen molar-refractivity contribution < 1.29 is 29.0 Å². The molecule has 8 nitrogen and oxygen atoms in total. The second-order valence-electron chi connectivity index (χ2n) is 7.30. The Morgan fingerprint density at radius 3 is 2.50 bits per heavy atom. The van der Waals surface area contributed by atoms with E-state index in [1.807, 2.05) is 25.1 Å². The summed E-state index contributed by atoms with van der Waals surface area (Å²) in [5.41, 5.74) is 1.88. The van der Waals surface area contributed by atoms with E-state index in [9.17, 15) is 14.8 Å². The van der Waals surface area contributed by atoms with E-state index in [0.29, 0.717) is 67.5 Å². The number of benzene rings is 2. The Balaban J connectivity index is 1.40. The molecule has 0 aliphatic carbocycles. The summed E-state index contributed by atoms with van der Waals surface area (Å²) >= 11 is 0. The van der Waals surface area contributed by atoms with Crippen LogP contribution in [0.5, 0.6) is 17.2 Å². The molecular weight excluding hydrogens is 412 g/mol. The summed E-state index contributed by atoms with van der Waals surface area (Å²) in [6.45, 7) is 3.29. The van der Waals surface area contributed by atoms with Crippen LogP contribution in [0.25, 0.3) is 0 Å². The number of amides is 1. The van der Waals surface area contributed by atoms with E-state index in [2.05, 4.69) is 10.5 Å². The quantitative estimate of drug-likeness (QED) is 0.192. The van der Waals surface area contributed by atoms with Gasteiger partial charge in [-0.3, -0.25) is 9.59 Å². The number of hydrogen-bond acceptors (Lipinski definition) is 7. The fraction of sp³-hybridized carbons (Fsp3) is 0.375. The fourth-order valence-electron chi connectivity index (χ4n) is 3.22. The van der Waals surface area contributed by atoms with Crippen molar-refractivity contribution in [2.75, 3.05) is 26.4 Å². The molecule has 1 aliphatic heterocycles. The Morgan fingerprint density at radius 1 is 1.06 bits per heavy atom. The third-order valence-electron chi connectivity index (χ3n) is 4.98. The van der Waals surface area contributed by atoms with Crippen LogP contribution in [0, 0.1) is 0 Å². The Kier molecular flexibility index (Phi) is 8.48. The van der Waals surface area contributed by atoms with Gasteiger partial charge in [-0.2, -0.15) is 0 Å². The number of ether oxygens (including phenoxy) is 3. The minimum atomic E-state index is -0.253. The molecule has 0 fully saturated rings. The van der Waals surface area contributed by atoms with Crippen molar-refractivity contribution in [2.45, 2.75) is 32.6 Å². The lowest BCUT2D eigenvalue weighted by Crippen LogP contribution is -2.30. The lowest BCUT2D eigenvalue weighted by molar-refractivity contribution is -0.123. The molecule has 0 aromatic heterocycles. The third kappa shape index (κ3) is 6.47. The van der Waals surface area contributed by atoms with Crippen molar-refractivity contribution in [2.24, 2.45) is 5.16 Å². The van der Waals surface area contributed by atoms with Gasteiger partial charge >= 0.3 is 0 Å². The minimum Gasteiger partial charge on any atom is -0.490 e. The first-order chi connectivity index (χ1) is 15.6. The first-order valence-electron chi connectivity index (χ1n) is 10.7. The molecule has 1 aliphatic rings. The van der Waals surface area contributed by atoms with Crippen molar-refractivity contribution in [3.8, 4) is 17.2 Å². The topological polar surface area (TPSA) is 106 Å². The molecule has 3 rings (SSSR count). The van der Waals surface area contributed by atoms with Crippen LogP contribution in [-0.4, -0.2) is 49.0 Å². The van der Waals surface area contributed by atoms with Gasteiger partial charge in [0.15, 0.2) is 23.9 Å². The van der Waals surface area contributed by atoms with Gasteiger partial charge < -0.3 is 24.7 Å². The van der Waals surface area contributed by atoms with Crippen molar-refractivity contribution in [1.29, 1.82) is 0 Å². The number of oxime groups is 1. The second kappa shape index (κ2) is 11.7. The van der Waals surface area contributed by atoms with Gasteiger partial charge in [-0.05, 0) is 55.3 Å². The molecule has 1 heterocycles. The van der Waals surface area contributed by atoms with E-state index < -0.39 is 0 Å². The average Bonchev–Trinajstić information content (AvgIpc) is 3.07. The van der Waals surface area contributed by atoms with E-state index in [1.54, 1.807) is 24.3 Å². The smallest absolute Gasteiger partial charge is 0.257 e. The maximum atomic E-state index is 12.0. The van der Waals surface area contributed by atoms with E-state index in [1.165, 1.54) is 0 Å². The number of fused-ring (bicyclic) bond motifs is 1. The van der Waals surface area contributed by atoms with Crippen LogP contribution in [0.1, 0.15) is 48.5 Å². The van der Waals surface area contributed by atoms with Crippen LogP contribution < -0.4 is 19.5 Å². The highest BCUT2D eigenvalue weighted by Crippen LogP contribution is 2.31. The first-order valence-corrected chi connectivity index (χ1v) is 10.7. The van der Waals surface area contributed by atoms with Crippen LogP contribution >= 0.6 is 0 Å². The normalized spacial score (nSPS) is 13.2. The zero-order valence-electron chi connectivity index (χ0n) is 18.1. The largest absolute Gasteiger partial charge is 0.490 e. The van der Waals surface area contributed by atoms with Gasteiger partial charge in [0.25, 0.3) is 5.91 Å². The monoisotopic (exact) mass is 440 g/mol. The van der Waals surface area contributed by atoms with Gasteiger partial charge in [0, 0.05) is 30.5 Å². The maximum absolute atomic E-state index is 12.0. The molecule has 0 saturated heterocycles. The standard InChI is InChI=1S/C24H28N2O6/c1-2-21(27)17-6-9-19(10-7-17)32-16-24(28)25-12-3-5-20(26-29)18-8-11-22-23(15-18)31-14-4-13-30-22/h6-11,15,29H,2-5,12-14,16H2,1H3,(H,25,28)/b26-20-. The summed E-state index contributed by atoms with van der Waals surface area (Å²) < 4.78 is 16.8. The van der Waals surface area contributed by atoms with Crippen molar-refractivity contribution >= 4 is 17.4 Å². The van der Waals surface area contributed by atoms with E-state index in [4.69, 9.17) is 14.2 Å². The fourth-order valence-corrected chi connectivity index (χ4v) is 3.22. The predicted molar refractivity (Wildman–Crippen MR) is 119 cm³/mol. The van der Waals surface area contributed by atoms with Crippen molar-refractivity contribution in [3.05, 3.63) is 53.6 Å². The molecular formula is C24H28N2O6. The number of nitrogens with one attached hydrogen (secondary N) is 1. The van der Waals surface area contributed by atoms with Crippen LogP contribution in [-0.2, 0) is 4.79 Å². The molecule has 0 atom stereocenters. The summed E-state index contributed by atoms with van der Waals surface area (Å²) in [5.74, 6) is 1.65. The predicted octanol–water partition coefficient (Wildman–Crippen LogP) is 3.59. The first kappa shape index (κ1) is 23.1. The van der Waals surface area contributed by atoms with Gasteiger partial charge in [0.1, 0.15) is 5.75 Å². The summed E-state index contributed by atoms with van der Waals surface area (Å²) in [6.07, 6.45) is 2.33. The summed E-state index contributed by atoms with van der Waals surface area (Å²) in [4.78, 5) is 23.6. The SMILES string of the molecule is CCC(=O)c1ccc(OCC(=O)NCCC/C(=N/O)c2ccc3c(c2)OCCCO3)cc1. The molecule has 2 aromatic rings. The molecule has 2 aromatic carbocycles. The molecule has 170 valence electrons. The molecule has 0 unspecified atom stereocenters. The molecule has 2 N–H and O–H groups in total. The van der Waals surface area contributed by atoms with E-state index in [0.717, 1.165) is 12.0 Å². The highest BCUT2D eigenvalue weighted by Gasteiger charge is 2.14. The van der Waals surface area contributed by atoms with E-state index >= 15 is 0 Å². The zero-order valence-corrected chi connectivity index (χ0v) is 18.1. The number of carbonyl (C=O) groups excluding carboxylic acids is 2. The van der Waals surface area contributed by atoms with Crippen LogP contribution in [0.4, 0.5) is 0 Å². The lowest BCUT2D eigenvalue weighted by Gasteiger charge is -2.11. The second-order valence-corrected chi connectivity index (χ2v) is 7.30.